The van der Waals surface area contributed by atoms with E-state index in [1.54, 1.807) is 17.0 Å². The van der Waals surface area contributed by atoms with Crippen molar-refractivity contribution < 1.29 is 14.6 Å². The van der Waals surface area contributed by atoms with Gasteiger partial charge in [0.05, 0.1) is 12.1 Å². The standard InChI is InChI=1S/C19H28ClNO3/c1-18(2,3)24-17(23)21-15(10-7-11-19(21,4)5)16(22)13-8-6-9-14(20)12-13/h6,8-9,12,15-16,22H,7,10-11H2,1-5H3/t15?,16-/m0/s1. The molecule has 0 bridgehead atoms. The van der Waals surface area contributed by atoms with Gasteiger partial charge in [-0.2, -0.15) is 0 Å². The number of aliphatic hydroxyl groups excluding tert-OH is 1. The SMILES string of the molecule is CC(C)(C)OC(=O)N1C([C@@H](O)c2cccc(Cl)c2)CCCC1(C)C. The summed E-state index contributed by atoms with van der Waals surface area (Å²) >= 11 is 6.05. The number of carbonyl (C=O) groups is 1. The minimum atomic E-state index is -0.796. The molecule has 0 aliphatic carbocycles. The van der Waals surface area contributed by atoms with Crippen molar-refractivity contribution in [1.29, 1.82) is 0 Å². The summed E-state index contributed by atoms with van der Waals surface area (Å²) in [5.74, 6) is 0. The van der Waals surface area contributed by atoms with Crippen LogP contribution in [-0.2, 0) is 4.74 Å². The zero-order chi connectivity index (χ0) is 18.1. The van der Waals surface area contributed by atoms with E-state index in [0.29, 0.717) is 5.02 Å². The Balaban J connectivity index is 2.32. The second-order valence-corrected chi connectivity index (χ2v) is 8.56. The summed E-state index contributed by atoms with van der Waals surface area (Å²) in [7, 11) is 0. The second-order valence-electron chi connectivity index (χ2n) is 8.12. The molecular weight excluding hydrogens is 326 g/mol. The molecule has 1 aliphatic heterocycles. The van der Waals surface area contributed by atoms with E-state index in [0.717, 1.165) is 24.8 Å². The van der Waals surface area contributed by atoms with Crippen LogP contribution in [0.2, 0.25) is 5.02 Å². The normalized spacial score (nSPS) is 22.1. The van der Waals surface area contributed by atoms with E-state index >= 15 is 0 Å². The average molecular weight is 354 g/mol. The highest BCUT2D eigenvalue weighted by Crippen LogP contribution is 2.38. The van der Waals surface area contributed by atoms with Crippen LogP contribution in [0.5, 0.6) is 0 Å². The van der Waals surface area contributed by atoms with Gasteiger partial charge >= 0.3 is 6.09 Å². The van der Waals surface area contributed by atoms with Crippen molar-refractivity contribution in [1.82, 2.24) is 4.90 Å². The molecule has 2 rings (SSSR count). The molecule has 0 radical (unpaired) electrons. The van der Waals surface area contributed by atoms with Gasteiger partial charge in [-0.25, -0.2) is 4.79 Å². The topological polar surface area (TPSA) is 49.8 Å². The van der Waals surface area contributed by atoms with Crippen LogP contribution in [0, 0.1) is 0 Å². The van der Waals surface area contributed by atoms with Crippen LogP contribution in [0.4, 0.5) is 4.79 Å². The van der Waals surface area contributed by atoms with Crippen LogP contribution in [0.1, 0.15) is 65.5 Å². The zero-order valence-corrected chi connectivity index (χ0v) is 15.9. The van der Waals surface area contributed by atoms with E-state index < -0.39 is 11.7 Å². The van der Waals surface area contributed by atoms with Gasteiger partial charge in [0.2, 0.25) is 0 Å². The van der Waals surface area contributed by atoms with Gasteiger partial charge in [0.25, 0.3) is 0 Å². The molecule has 1 heterocycles. The highest BCUT2D eigenvalue weighted by atomic mass is 35.5. The molecule has 1 N–H and O–H groups in total. The fourth-order valence-corrected chi connectivity index (χ4v) is 3.55. The number of hydrogen-bond donors (Lipinski definition) is 1. The van der Waals surface area contributed by atoms with Gasteiger partial charge in [-0.05, 0) is 71.6 Å². The molecular formula is C19H28ClNO3. The van der Waals surface area contributed by atoms with Crippen molar-refractivity contribution in [2.24, 2.45) is 0 Å². The van der Waals surface area contributed by atoms with Crippen LogP contribution in [0.3, 0.4) is 0 Å². The summed E-state index contributed by atoms with van der Waals surface area (Å²) in [5, 5.41) is 11.5. The van der Waals surface area contributed by atoms with E-state index in [1.807, 2.05) is 46.8 Å². The van der Waals surface area contributed by atoms with E-state index in [2.05, 4.69) is 0 Å². The van der Waals surface area contributed by atoms with Gasteiger partial charge in [0, 0.05) is 10.6 Å². The molecule has 1 aliphatic rings. The van der Waals surface area contributed by atoms with Crippen molar-refractivity contribution in [3.8, 4) is 0 Å². The molecule has 0 spiro atoms. The van der Waals surface area contributed by atoms with Gasteiger partial charge in [0.15, 0.2) is 0 Å². The number of nitrogens with zero attached hydrogens (tertiary/aromatic N) is 1. The predicted octanol–water partition coefficient (Wildman–Crippen LogP) is 4.94. The maximum absolute atomic E-state index is 12.8. The third-order valence-corrected chi connectivity index (χ3v) is 4.65. The summed E-state index contributed by atoms with van der Waals surface area (Å²) in [5.41, 5.74) is -0.222. The smallest absolute Gasteiger partial charge is 0.411 e. The zero-order valence-electron chi connectivity index (χ0n) is 15.2. The maximum Gasteiger partial charge on any atom is 0.411 e. The summed E-state index contributed by atoms with van der Waals surface area (Å²) in [6, 6.07) is 6.84. The number of aliphatic hydroxyl groups is 1. The van der Waals surface area contributed by atoms with Gasteiger partial charge in [-0.3, -0.25) is 4.90 Å². The Morgan fingerprint density at radius 3 is 2.67 bits per heavy atom. The molecule has 1 unspecified atom stereocenters. The molecule has 1 aromatic carbocycles. The number of amides is 1. The van der Waals surface area contributed by atoms with Crippen LogP contribution >= 0.6 is 11.6 Å². The quantitative estimate of drug-likeness (QED) is 0.819. The minimum Gasteiger partial charge on any atom is -0.444 e. The number of piperidine rings is 1. The molecule has 0 aromatic heterocycles. The van der Waals surface area contributed by atoms with E-state index in [1.165, 1.54) is 0 Å². The fourth-order valence-electron chi connectivity index (χ4n) is 3.35. The lowest BCUT2D eigenvalue weighted by Crippen LogP contribution is -2.58. The highest BCUT2D eigenvalue weighted by Gasteiger charge is 2.44. The number of likely N-dealkylation sites (tertiary alicyclic amines) is 1. The molecule has 4 nitrogen and oxygen atoms in total. The first-order chi connectivity index (χ1) is 11.0. The van der Waals surface area contributed by atoms with Crippen molar-refractivity contribution >= 4 is 17.7 Å². The molecule has 1 amide bonds. The Labute approximate surface area is 149 Å². The molecule has 1 fully saturated rings. The molecule has 1 aromatic rings. The number of hydrogen-bond acceptors (Lipinski definition) is 3. The lowest BCUT2D eigenvalue weighted by Gasteiger charge is -2.49. The molecule has 0 saturated carbocycles. The maximum atomic E-state index is 12.8. The van der Waals surface area contributed by atoms with Gasteiger partial charge < -0.3 is 9.84 Å². The lowest BCUT2D eigenvalue weighted by atomic mass is 9.83. The first kappa shape index (κ1) is 19.1. The largest absolute Gasteiger partial charge is 0.444 e. The lowest BCUT2D eigenvalue weighted by molar-refractivity contribution is -0.0575. The van der Waals surface area contributed by atoms with Gasteiger partial charge in [0.1, 0.15) is 5.60 Å². The number of ether oxygens (including phenoxy) is 1. The number of carbonyl (C=O) groups excluding carboxylic acids is 1. The van der Waals surface area contributed by atoms with Crippen molar-refractivity contribution in [3.63, 3.8) is 0 Å². The highest BCUT2D eigenvalue weighted by molar-refractivity contribution is 6.30. The van der Waals surface area contributed by atoms with Crippen LogP contribution in [0.25, 0.3) is 0 Å². The summed E-state index contributed by atoms with van der Waals surface area (Å²) in [6.07, 6.45) is 1.39. The monoisotopic (exact) mass is 353 g/mol. The molecule has 5 heteroatoms. The molecule has 134 valence electrons. The molecule has 24 heavy (non-hydrogen) atoms. The molecule has 2 atom stereocenters. The Morgan fingerprint density at radius 2 is 2.08 bits per heavy atom. The van der Waals surface area contributed by atoms with Crippen molar-refractivity contribution in [3.05, 3.63) is 34.9 Å². The van der Waals surface area contributed by atoms with Crippen molar-refractivity contribution in [2.45, 2.75) is 77.2 Å². The second kappa shape index (κ2) is 6.93. The summed E-state index contributed by atoms with van der Waals surface area (Å²) in [6.45, 7) is 9.60. The van der Waals surface area contributed by atoms with Crippen LogP contribution in [-0.4, -0.2) is 33.3 Å². The number of rotatable bonds is 2. The van der Waals surface area contributed by atoms with E-state index in [-0.39, 0.29) is 17.7 Å². The minimum absolute atomic E-state index is 0.331. The third kappa shape index (κ3) is 4.42. The van der Waals surface area contributed by atoms with Crippen LogP contribution < -0.4 is 0 Å². The Kier molecular flexibility index (Phi) is 5.50. The first-order valence-corrected chi connectivity index (χ1v) is 8.85. The fraction of sp³-hybridized carbons (Fsp3) is 0.632. The van der Waals surface area contributed by atoms with E-state index in [4.69, 9.17) is 16.3 Å². The van der Waals surface area contributed by atoms with Gasteiger partial charge in [-0.15, -0.1) is 0 Å². The van der Waals surface area contributed by atoms with Crippen molar-refractivity contribution in [2.75, 3.05) is 0 Å². The number of benzene rings is 1. The summed E-state index contributed by atoms with van der Waals surface area (Å²) in [4.78, 5) is 14.5. The number of halogens is 1. The Hall–Kier alpha value is -1.26. The average Bonchev–Trinajstić information content (AvgIpc) is 2.43. The Morgan fingerprint density at radius 1 is 1.42 bits per heavy atom. The molecule has 1 saturated heterocycles. The van der Waals surface area contributed by atoms with E-state index in [9.17, 15) is 9.90 Å². The van der Waals surface area contributed by atoms with Gasteiger partial charge in [-0.1, -0.05) is 23.7 Å². The third-order valence-electron chi connectivity index (χ3n) is 4.42. The predicted molar refractivity (Wildman–Crippen MR) is 96.2 cm³/mol. The summed E-state index contributed by atoms with van der Waals surface area (Å²) < 4.78 is 5.60. The first-order valence-electron chi connectivity index (χ1n) is 8.47. The Bertz CT molecular complexity index is 595. The van der Waals surface area contributed by atoms with Crippen LogP contribution in [0.15, 0.2) is 24.3 Å².